The molecule has 0 spiro atoms. The summed E-state index contributed by atoms with van der Waals surface area (Å²) in [6.07, 6.45) is 3.29. The number of amides is 1. The van der Waals surface area contributed by atoms with Crippen molar-refractivity contribution in [2.24, 2.45) is 11.8 Å². The summed E-state index contributed by atoms with van der Waals surface area (Å²) in [6, 6.07) is 0. The van der Waals surface area contributed by atoms with E-state index in [9.17, 15) is 4.79 Å². The summed E-state index contributed by atoms with van der Waals surface area (Å²) < 4.78 is 0. The van der Waals surface area contributed by atoms with Crippen molar-refractivity contribution in [1.29, 1.82) is 0 Å². The van der Waals surface area contributed by atoms with Gasteiger partial charge in [0.1, 0.15) is 0 Å². The van der Waals surface area contributed by atoms with Gasteiger partial charge in [0.25, 0.3) is 0 Å². The quantitative estimate of drug-likeness (QED) is 0.749. The van der Waals surface area contributed by atoms with Crippen LogP contribution >= 0.6 is 0 Å². The van der Waals surface area contributed by atoms with Gasteiger partial charge in [-0.15, -0.1) is 0 Å². The molecule has 88 valence electrons. The summed E-state index contributed by atoms with van der Waals surface area (Å²) in [5, 5.41) is 2.67. The molecule has 15 heavy (non-hydrogen) atoms. The summed E-state index contributed by atoms with van der Waals surface area (Å²) in [5.74, 6) is 1.81. The van der Waals surface area contributed by atoms with E-state index in [1.807, 2.05) is 0 Å². The summed E-state index contributed by atoms with van der Waals surface area (Å²) in [4.78, 5) is 13.5. The molecule has 1 fully saturated rings. The van der Waals surface area contributed by atoms with Crippen LogP contribution in [0, 0.1) is 11.8 Å². The Morgan fingerprint density at radius 1 is 1.53 bits per heavy atom. The third-order valence-corrected chi connectivity index (χ3v) is 3.11. The van der Waals surface area contributed by atoms with Gasteiger partial charge in [0.15, 0.2) is 0 Å². The van der Waals surface area contributed by atoms with E-state index in [-0.39, 0.29) is 5.91 Å². The molecular weight excluding hydrogens is 188 g/mol. The molecule has 1 heterocycles. The van der Waals surface area contributed by atoms with E-state index in [1.165, 1.54) is 25.9 Å². The largest absolute Gasteiger partial charge is 0.359 e. The van der Waals surface area contributed by atoms with Gasteiger partial charge in [-0.3, -0.25) is 4.79 Å². The number of carbonyl (C=O) groups is 1. The molecule has 0 aromatic rings. The number of hydrogen-bond acceptors (Lipinski definition) is 2. The maximum Gasteiger partial charge on any atom is 0.221 e. The minimum Gasteiger partial charge on any atom is -0.359 e. The first kappa shape index (κ1) is 12.5. The normalized spacial score (nSPS) is 22.3. The molecule has 0 aromatic heterocycles. The van der Waals surface area contributed by atoms with Crippen LogP contribution in [0.3, 0.4) is 0 Å². The fraction of sp³-hybridized carbons (Fsp3) is 0.917. The lowest BCUT2D eigenvalue weighted by Gasteiger charge is -2.16. The van der Waals surface area contributed by atoms with E-state index < -0.39 is 0 Å². The smallest absolute Gasteiger partial charge is 0.221 e. The minimum atomic E-state index is 0.155. The predicted molar refractivity (Wildman–Crippen MR) is 62.7 cm³/mol. The first-order valence-corrected chi connectivity index (χ1v) is 6.04. The van der Waals surface area contributed by atoms with E-state index >= 15 is 0 Å². The Morgan fingerprint density at radius 3 is 2.87 bits per heavy atom. The highest BCUT2D eigenvalue weighted by Gasteiger charge is 2.22. The molecule has 0 radical (unpaired) electrons. The molecular formula is C12H24N2O. The van der Waals surface area contributed by atoms with Crippen molar-refractivity contribution in [2.75, 3.05) is 26.7 Å². The van der Waals surface area contributed by atoms with Gasteiger partial charge in [-0.25, -0.2) is 0 Å². The van der Waals surface area contributed by atoms with Crippen LogP contribution in [0.4, 0.5) is 0 Å². The van der Waals surface area contributed by atoms with E-state index in [0.717, 1.165) is 18.4 Å². The van der Waals surface area contributed by atoms with Gasteiger partial charge in [-0.05, 0) is 31.2 Å². The number of nitrogens with zero attached hydrogens (tertiary/aromatic N) is 1. The fourth-order valence-electron chi connectivity index (χ4n) is 2.36. The van der Waals surface area contributed by atoms with Crippen molar-refractivity contribution in [1.82, 2.24) is 10.2 Å². The summed E-state index contributed by atoms with van der Waals surface area (Å²) in [5.41, 5.74) is 0. The average molecular weight is 212 g/mol. The Bertz CT molecular complexity index is 204. The highest BCUT2D eigenvalue weighted by molar-refractivity contribution is 5.75. The van der Waals surface area contributed by atoms with Gasteiger partial charge >= 0.3 is 0 Å². The second-order valence-electron chi connectivity index (χ2n) is 5.01. The number of carbonyl (C=O) groups excluding carboxylic acids is 1. The van der Waals surface area contributed by atoms with Gasteiger partial charge in [0.05, 0.1) is 0 Å². The van der Waals surface area contributed by atoms with Gasteiger partial charge in [0, 0.05) is 26.6 Å². The monoisotopic (exact) mass is 212 g/mol. The van der Waals surface area contributed by atoms with E-state index in [1.54, 1.807) is 7.05 Å². The lowest BCUT2D eigenvalue weighted by molar-refractivity contribution is -0.120. The Kier molecular flexibility index (Phi) is 5.09. The molecule has 0 bridgehead atoms. The zero-order valence-electron chi connectivity index (χ0n) is 10.3. The van der Waals surface area contributed by atoms with Crippen molar-refractivity contribution >= 4 is 5.91 Å². The maximum absolute atomic E-state index is 11.1. The Balaban J connectivity index is 2.16. The van der Waals surface area contributed by atoms with Gasteiger partial charge < -0.3 is 10.2 Å². The third kappa shape index (κ3) is 4.65. The molecule has 1 aliphatic heterocycles. The molecule has 1 N–H and O–H groups in total. The molecule has 0 aromatic carbocycles. The van der Waals surface area contributed by atoms with Crippen LogP contribution in [0.25, 0.3) is 0 Å². The first-order valence-electron chi connectivity index (χ1n) is 6.04. The SMILES string of the molecule is CNC(=O)CCN1CC[C@@H](CC(C)C)C1. The molecule has 1 atom stereocenters. The fourth-order valence-corrected chi connectivity index (χ4v) is 2.36. The predicted octanol–water partition coefficient (Wildman–Crippen LogP) is 1.49. The molecule has 3 nitrogen and oxygen atoms in total. The zero-order valence-corrected chi connectivity index (χ0v) is 10.3. The van der Waals surface area contributed by atoms with Crippen molar-refractivity contribution in [3.8, 4) is 0 Å². The molecule has 0 unspecified atom stereocenters. The average Bonchev–Trinajstić information content (AvgIpc) is 2.61. The van der Waals surface area contributed by atoms with Crippen LogP contribution in [0.15, 0.2) is 0 Å². The van der Waals surface area contributed by atoms with Crippen LogP contribution in [0.1, 0.15) is 33.1 Å². The molecule has 0 aliphatic carbocycles. The highest BCUT2D eigenvalue weighted by atomic mass is 16.1. The lowest BCUT2D eigenvalue weighted by atomic mass is 9.97. The molecule has 3 heteroatoms. The Hall–Kier alpha value is -0.570. The molecule has 1 aliphatic rings. The first-order chi connectivity index (χ1) is 7.11. The van der Waals surface area contributed by atoms with E-state index in [4.69, 9.17) is 0 Å². The van der Waals surface area contributed by atoms with Gasteiger partial charge in [-0.1, -0.05) is 13.8 Å². The standard InChI is InChI=1S/C12H24N2O/c1-10(2)8-11-4-6-14(9-11)7-5-12(15)13-3/h10-11H,4-9H2,1-3H3,(H,13,15)/t11-/m0/s1. The van der Waals surface area contributed by atoms with Crippen molar-refractivity contribution in [2.45, 2.75) is 33.1 Å². The second-order valence-corrected chi connectivity index (χ2v) is 5.01. The Labute approximate surface area is 93.2 Å². The molecule has 1 saturated heterocycles. The molecule has 1 rings (SSSR count). The zero-order chi connectivity index (χ0) is 11.3. The number of nitrogens with one attached hydrogen (secondary N) is 1. The van der Waals surface area contributed by atoms with Crippen LogP contribution < -0.4 is 5.32 Å². The van der Waals surface area contributed by atoms with Crippen LogP contribution in [-0.4, -0.2) is 37.5 Å². The van der Waals surface area contributed by atoms with Gasteiger partial charge in [-0.2, -0.15) is 0 Å². The highest BCUT2D eigenvalue weighted by Crippen LogP contribution is 2.22. The van der Waals surface area contributed by atoms with Gasteiger partial charge in [0.2, 0.25) is 5.91 Å². The number of likely N-dealkylation sites (tertiary alicyclic amines) is 1. The minimum absolute atomic E-state index is 0.155. The van der Waals surface area contributed by atoms with Crippen LogP contribution in [0.5, 0.6) is 0 Å². The van der Waals surface area contributed by atoms with Crippen LogP contribution in [-0.2, 0) is 4.79 Å². The number of hydrogen-bond donors (Lipinski definition) is 1. The van der Waals surface area contributed by atoms with Crippen LogP contribution in [0.2, 0.25) is 0 Å². The summed E-state index contributed by atoms with van der Waals surface area (Å²) in [7, 11) is 1.70. The third-order valence-electron chi connectivity index (χ3n) is 3.11. The summed E-state index contributed by atoms with van der Waals surface area (Å²) >= 11 is 0. The molecule has 1 amide bonds. The van der Waals surface area contributed by atoms with Crippen molar-refractivity contribution in [3.05, 3.63) is 0 Å². The maximum atomic E-state index is 11.1. The number of rotatable bonds is 5. The Morgan fingerprint density at radius 2 is 2.27 bits per heavy atom. The van der Waals surface area contributed by atoms with Crippen molar-refractivity contribution < 1.29 is 4.79 Å². The van der Waals surface area contributed by atoms with E-state index in [2.05, 4.69) is 24.1 Å². The van der Waals surface area contributed by atoms with E-state index in [0.29, 0.717) is 6.42 Å². The molecule has 0 saturated carbocycles. The lowest BCUT2D eigenvalue weighted by Crippen LogP contribution is -2.27. The van der Waals surface area contributed by atoms with Crippen molar-refractivity contribution in [3.63, 3.8) is 0 Å². The second kappa shape index (κ2) is 6.11. The summed E-state index contributed by atoms with van der Waals surface area (Å²) in [6.45, 7) is 7.86. The topological polar surface area (TPSA) is 32.3 Å².